The normalized spacial score (nSPS) is 28.7. The first kappa shape index (κ1) is 15.6. The van der Waals surface area contributed by atoms with Crippen LogP contribution in [0.4, 0.5) is 0 Å². The van der Waals surface area contributed by atoms with E-state index >= 15 is 0 Å². The van der Waals surface area contributed by atoms with E-state index in [1.807, 2.05) is 7.05 Å². The van der Waals surface area contributed by atoms with Crippen molar-refractivity contribution in [2.45, 2.75) is 64.2 Å². The monoisotopic (exact) mass is 304 g/mol. The molecule has 22 heavy (non-hydrogen) atoms. The molecule has 1 saturated heterocycles. The van der Waals surface area contributed by atoms with Gasteiger partial charge in [-0.25, -0.2) is 0 Å². The molecule has 1 atom stereocenters. The van der Waals surface area contributed by atoms with Gasteiger partial charge in [-0.3, -0.25) is 9.59 Å². The Kier molecular flexibility index (Phi) is 4.55. The minimum Gasteiger partial charge on any atom is -0.355 e. The van der Waals surface area contributed by atoms with Gasteiger partial charge >= 0.3 is 0 Å². The maximum atomic E-state index is 12.2. The zero-order valence-electron chi connectivity index (χ0n) is 13.7. The van der Waals surface area contributed by atoms with Gasteiger partial charge in [0.2, 0.25) is 11.8 Å². The highest BCUT2D eigenvalue weighted by atomic mass is 16.2. The summed E-state index contributed by atoms with van der Waals surface area (Å²) in [6.07, 6.45) is 12.7. The Morgan fingerprint density at radius 3 is 2.91 bits per heavy atom. The third-order valence-corrected chi connectivity index (χ3v) is 5.94. The number of rotatable bonds is 5. The largest absolute Gasteiger partial charge is 0.355 e. The average Bonchev–Trinajstić information content (AvgIpc) is 3.17. The number of likely N-dealkylation sites (tertiary alicyclic amines) is 1. The lowest BCUT2D eigenvalue weighted by Gasteiger charge is -2.41. The van der Waals surface area contributed by atoms with Crippen LogP contribution in [0.25, 0.3) is 0 Å². The lowest BCUT2D eigenvalue weighted by molar-refractivity contribution is -0.132. The van der Waals surface area contributed by atoms with Gasteiger partial charge < -0.3 is 10.2 Å². The summed E-state index contributed by atoms with van der Waals surface area (Å²) in [5, 5.41) is 3.16. The van der Waals surface area contributed by atoms with Gasteiger partial charge in [-0.05, 0) is 31.6 Å². The molecule has 0 spiro atoms. The minimum atomic E-state index is 0.00563. The van der Waals surface area contributed by atoms with Gasteiger partial charge in [-0.15, -0.1) is 0 Å². The maximum absolute atomic E-state index is 12.2. The number of carbonyl (C=O) groups is 2. The molecule has 1 N–H and O–H groups in total. The Morgan fingerprint density at radius 2 is 2.14 bits per heavy atom. The van der Waals surface area contributed by atoms with Crippen LogP contribution in [0.15, 0.2) is 11.8 Å². The molecular weight excluding hydrogens is 276 g/mol. The number of allylic oxidation sites excluding steroid dienone is 1. The van der Waals surface area contributed by atoms with E-state index in [2.05, 4.69) is 11.4 Å². The van der Waals surface area contributed by atoms with Crippen LogP contribution >= 0.6 is 0 Å². The quantitative estimate of drug-likeness (QED) is 0.849. The summed E-state index contributed by atoms with van der Waals surface area (Å²) < 4.78 is 0. The van der Waals surface area contributed by atoms with Crippen LogP contribution < -0.4 is 5.32 Å². The zero-order valence-corrected chi connectivity index (χ0v) is 13.7. The standard InChI is InChI=1S/C18H28N2O2/c1-20-15-7-4-11-18(15,12-10-17(20)22)13-19-16(21)9-8-14-5-2-3-6-14/h7,14H,2-6,8-13H2,1H3,(H,19,21). The molecule has 0 aromatic heterocycles. The summed E-state index contributed by atoms with van der Waals surface area (Å²) in [4.78, 5) is 25.8. The molecule has 0 aromatic rings. The first-order chi connectivity index (χ1) is 10.6. The highest BCUT2D eigenvalue weighted by Crippen LogP contribution is 2.46. The third kappa shape index (κ3) is 3.06. The van der Waals surface area contributed by atoms with E-state index in [-0.39, 0.29) is 17.2 Å². The molecule has 1 saturated carbocycles. The topological polar surface area (TPSA) is 49.4 Å². The second-order valence-corrected chi connectivity index (χ2v) is 7.33. The average molecular weight is 304 g/mol. The smallest absolute Gasteiger partial charge is 0.226 e. The fraction of sp³-hybridized carbons (Fsp3) is 0.778. The highest BCUT2D eigenvalue weighted by molar-refractivity contribution is 5.80. The van der Waals surface area contributed by atoms with Crippen LogP contribution in [0, 0.1) is 11.3 Å². The molecule has 4 nitrogen and oxygen atoms in total. The van der Waals surface area contributed by atoms with E-state index in [0.717, 1.165) is 37.3 Å². The van der Waals surface area contributed by atoms with Gasteiger partial charge in [0.05, 0.1) is 0 Å². The molecule has 1 aliphatic heterocycles. The van der Waals surface area contributed by atoms with Crippen LogP contribution in [0.1, 0.15) is 64.2 Å². The van der Waals surface area contributed by atoms with Crippen molar-refractivity contribution in [1.82, 2.24) is 10.2 Å². The van der Waals surface area contributed by atoms with Gasteiger partial charge in [-0.1, -0.05) is 31.8 Å². The van der Waals surface area contributed by atoms with E-state index in [9.17, 15) is 9.59 Å². The van der Waals surface area contributed by atoms with Gasteiger partial charge in [0.25, 0.3) is 0 Å². The number of amides is 2. The summed E-state index contributed by atoms with van der Waals surface area (Å²) >= 11 is 0. The van der Waals surface area contributed by atoms with Crippen molar-refractivity contribution in [2.75, 3.05) is 13.6 Å². The first-order valence-electron chi connectivity index (χ1n) is 8.85. The van der Waals surface area contributed by atoms with Gasteiger partial charge in [-0.2, -0.15) is 0 Å². The number of nitrogens with zero attached hydrogens (tertiary/aromatic N) is 1. The van der Waals surface area contributed by atoms with Crippen molar-refractivity contribution >= 4 is 11.8 Å². The van der Waals surface area contributed by atoms with Crippen molar-refractivity contribution < 1.29 is 9.59 Å². The number of nitrogens with one attached hydrogen (secondary N) is 1. The van der Waals surface area contributed by atoms with Crippen LogP contribution in [0.2, 0.25) is 0 Å². The van der Waals surface area contributed by atoms with Crippen molar-refractivity contribution in [2.24, 2.45) is 11.3 Å². The third-order valence-electron chi connectivity index (χ3n) is 5.94. The summed E-state index contributed by atoms with van der Waals surface area (Å²) in [7, 11) is 1.87. The van der Waals surface area contributed by atoms with Crippen LogP contribution in [0.5, 0.6) is 0 Å². The Balaban J connectivity index is 1.50. The molecule has 2 aliphatic carbocycles. The lowest BCUT2D eigenvalue weighted by Crippen LogP contribution is -2.46. The number of hydrogen-bond acceptors (Lipinski definition) is 2. The fourth-order valence-corrected chi connectivity index (χ4v) is 4.48. The molecule has 122 valence electrons. The molecule has 1 heterocycles. The number of hydrogen-bond donors (Lipinski definition) is 1. The number of fused-ring (bicyclic) bond motifs is 1. The second-order valence-electron chi connectivity index (χ2n) is 7.33. The lowest BCUT2D eigenvalue weighted by atomic mass is 9.77. The van der Waals surface area contributed by atoms with Crippen molar-refractivity contribution in [3.05, 3.63) is 11.8 Å². The Morgan fingerprint density at radius 1 is 1.36 bits per heavy atom. The molecule has 3 rings (SSSR count). The van der Waals surface area contributed by atoms with E-state index in [1.165, 1.54) is 25.7 Å². The summed E-state index contributed by atoms with van der Waals surface area (Å²) in [6, 6.07) is 0. The minimum absolute atomic E-state index is 0.00563. The second kappa shape index (κ2) is 6.43. The van der Waals surface area contributed by atoms with Crippen LogP contribution in [-0.2, 0) is 9.59 Å². The van der Waals surface area contributed by atoms with Crippen molar-refractivity contribution in [3.63, 3.8) is 0 Å². The zero-order chi connectivity index (χ0) is 15.6. The predicted octanol–water partition coefficient (Wildman–Crippen LogP) is 2.99. The molecule has 0 radical (unpaired) electrons. The molecule has 1 unspecified atom stereocenters. The summed E-state index contributed by atoms with van der Waals surface area (Å²) in [6.45, 7) is 0.694. The molecule has 3 aliphatic rings. The number of piperidine rings is 1. The fourth-order valence-electron chi connectivity index (χ4n) is 4.48. The predicted molar refractivity (Wildman–Crippen MR) is 86.0 cm³/mol. The van der Waals surface area contributed by atoms with E-state index in [1.54, 1.807) is 4.90 Å². The molecule has 0 aromatic carbocycles. The Labute approximate surface area is 133 Å². The number of carbonyl (C=O) groups excluding carboxylic acids is 2. The van der Waals surface area contributed by atoms with Crippen molar-refractivity contribution in [3.8, 4) is 0 Å². The van der Waals surface area contributed by atoms with Crippen molar-refractivity contribution in [1.29, 1.82) is 0 Å². The van der Waals surface area contributed by atoms with Crippen LogP contribution in [0.3, 0.4) is 0 Å². The molecule has 0 bridgehead atoms. The molecule has 2 fully saturated rings. The highest BCUT2D eigenvalue weighted by Gasteiger charge is 2.44. The maximum Gasteiger partial charge on any atom is 0.226 e. The summed E-state index contributed by atoms with van der Waals surface area (Å²) in [5.41, 5.74) is 1.14. The SMILES string of the molecule is CN1C(=O)CCC2(CNC(=O)CCC3CCCC3)CCC=C12. The van der Waals surface area contributed by atoms with E-state index < -0.39 is 0 Å². The molecular formula is C18H28N2O2. The van der Waals surface area contributed by atoms with Gasteiger partial charge in [0, 0.05) is 37.5 Å². The van der Waals surface area contributed by atoms with Gasteiger partial charge in [0.1, 0.15) is 0 Å². The molecule has 4 heteroatoms. The van der Waals surface area contributed by atoms with E-state index in [4.69, 9.17) is 0 Å². The Hall–Kier alpha value is -1.32. The van der Waals surface area contributed by atoms with Gasteiger partial charge in [0.15, 0.2) is 0 Å². The molecule has 2 amide bonds. The Bertz CT molecular complexity index is 479. The van der Waals surface area contributed by atoms with E-state index in [0.29, 0.717) is 19.4 Å². The summed E-state index contributed by atoms with van der Waals surface area (Å²) in [5.74, 6) is 1.16. The first-order valence-corrected chi connectivity index (χ1v) is 8.85. The van der Waals surface area contributed by atoms with Crippen LogP contribution in [-0.4, -0.2) is 30.3 Å².